The van der Waals surface area contributed by atoms with Crippen LogP contribution in [-0.2, 0) is 14.4 Å². The summed E-state index contributed by atoms with van der Waals surface area (Å²) in [4.78, 5) is 28.9. The number of rotatable bonds is 5. The first-order valence-corrected chi connectivity index (χ1v) is 4.60. The van der Waals surface area contributed by atoms with Crippen LogP contribution in [0.2, 0.25) is 0 Å². The molecule has 0 heterocycles. The first kappa shape index (κ1) is 16.8. The summed E-state index contributed by atoms with van der Waals surface area (Å²) in [6, 6.07) is 0. The molecule has 16 heavy (non-hydrogen) atoms. The molecule has 0 spiro atoms. The molecule has 7 nitrogen and oxygen atoms in total. The van der Waals surface area contributed by atoms with Crippen LogP contribution in [0.25, 0.3) is 0 Å². The van der Waals surface area contributed by atoms with Crippen LogP contribution in [-0.4, -0.2) is 24.5 Å². The van der Waals surface area contributed by atoms with Crippen molar-refractivity contribution in [2.75, 3.05) is 6.54 Å². The maximum atomic E-state index is 9.63. The van der Waals surface area contributed by atoms with Gasteiger partial charge in [-0.2, -0.15) is 0 Å². The Balaban J connectivity index is 0. The second-order valence-electron chi connectivity index (χ2n) is 3.14. The Hall–Kier alpha value is -1.63. The van der Waals surface area contributed by atoms with E-state index in [1.54, 1.807) is 0 Å². The molecular formula is C9H14NO6-3. The zero-order valence-corrected chi connectivity index (χ0v) is 9.10. The van der Waals surface area contributed by atoms with Crippen LogP contribution in [0.5, 0.6) is 0 Å². The van der Waals surface area contributed by atoms with Crippen LogP contribution in [0.1, 0.15) is 20.3 Å². The molecule has 0 aliphatic carbocycles. The number of hydrogen-bond donors (Lipinski definition) is 1. The summed E-state index contributed by atoms with van der Waals surface area (Å²) < 4.78 is 0. The Kier molecular flexibility index (Phi) is 9.09. The summed E-state index contributed by atoms with van der Waals surface area (Å²) in [5.74, 6) is -8.73. The van der Waals surface area contributed by atoms with Gasteiger partial charge in [-0.05, 0) is 12.5 Å². The second kappa shape index (κ2) is 8.66. The smallest absolute Gasteiger partial charge is 0.0778 e. The largest absolute Gasteiger partial charge is 0.549 e. The summed E-state index contributed by atoms with van der Waals surface area (Å²) in [7, 11) is 0. The highest BCUT2D eigenvalue weighted by Crippen LogP contribution is 1.93. The van der Waals surface area contributed by atoms with Gasteiger partial charge in [0.25, 0.3) is 0 Å². The Bertz CT molecular complexity index is 215. The molecule has 94 valence electrons. The molecule has 0 amide bonds. The number of carbonyl (C=O) groups is 3. The first-order chi connectivity index (χ1) is 7.27. The minimum Gasteiger partial charge on any atom is -0.549 e. The predicted octanol–water partition coefficient (Wildman–Crippen LogP) is -4.16. The maximum absolute atomic E-state index is 9.63. The van der Waals surface area contributed by atoms with Crippen molar-refractivity contribution >= 4 is 17.9 Å². The molecule has 0 fully saturated rings. The van der Waals surface area contributed by atoms with Gasteiger partial charge in [0.05, 0.1) is 23.8 Å². The van der Waals surface area contributed by atoms with Crippen LogP contribution < -0.4 is 21.1 Å². The fourth-order valence-electron chi connectivity index (χ4n) is 0.455. The van der Waals surface area contributed by atoms with Gasteiger partial charge in [0.1, 0.15) is 0 Å². The lowest BCUT2D eigenvalue weighted by molar-refractivity contribution is -0.347. The highest BCUT2D eigenvalue weighted by atomic mass is 16.4. The monoisotopic (exact) mass is 232 g/mol. The average molecular weight is 232 g/mol. The fraction of sp³-hybridized carbons (Fsp3) is 0.667. The number of hydrogen-bond acceptors (Lipinski definition) is 7. The average Bonchev–Trinajstić information content (AvgIpc) is 2.15. The summed E-state index contributed by atoms with van der Waals surface area (Å²) >= 11 is 0. The zero-order valence-electron chi connectivity index (χ0n) is 9.10. The molecule has 1 unspecified atom stereocenters. The van der Waals surface area contributed by atoms with Crippen molar-refractivity contribution in [2.24, 2.45) is 17.6 Å². The normalized spacial score (nSPS) is 11.2. The van der Waals surface area contributed by atoms with Gasteiger partial charge in [-0.25, -0.2) is 0 Å². The predicted molar refractivity (Wildman–Crippen MR) is 47.0 cm³/mol. The van der Waals surface area contributed by atoms with Crippen molar-refractivity contribution in [1.29, 1.82) is 0 Å². The Morgan fingerprint density at radius 3 is 1.38 bits per heavy atom. The molecule has 0 aromatic rings. The van der Waals surface area contributed by atoms with Crippen LogP contribution in [0.4, 0.5) is 0 Å². The van der Waals surface area contributed by atoms with E-state index in [4.69, 9.17) is 5.73 Å². The number of nitrogens with two attached hydrogens (primary N) is 1. The topological polar surface area (TPSA) is 146 Å². The Morgan fingerprint density at radius 2 is 1.38 bits per heavy atom. The van der Waals surface area contributed by atoms with Crippen LogP contribution in [0, 0.1) is 11.8 Å². The molecule has 0 aliphatic rings. The molecule has 1 atom stereocenters. The summed E-state index contributed by atoms with van der Waals surface area (Å²) in [6.07, 6.45) is 1.20. The number of carboxylic acids is 3. The van der Waals surface area contributed by atoms with Crippen molar-refractivity contribution < 1.29 is 29.7 Å². The van der Waals surface area contributed by atoms with Crippen LogP contribution in [0.3, 0.4) is 0 Å². The van der Waals surface area contributed by atoms with Crippen molar-refractivity contribution in [3.05, 3.63) is 0 Å². The van der Waals surface area contributed by atoms with E-state index in [1.165, 1.54) is 6.42 Å². The van der Waals surface area contributed by atoms with Gasteiger partial charge in [0.2, 0.25) is 0 Å². The third-order valence-corrected chi connectivity index (χ3v) is 1.81. The first-order valence-electron chi connectivity index (χ1n) is 4.60. The Labute approximate surface area is 92.9 Å². The molecule has 0 saturated heterocycles. The summed E-state index contributed by atoms with van der Waals surface area (Å²) in [5, 5.41) is 28.9. The minimum absolute atomic E-state index is 0.713. The van der Waals surface area contributed by atoms with E-state index in [0.29, 0.717) is 5.92 Å². The van der Waals surface area contributed by atoms with E-state index in [9.17, 15) is 29.7 Å². The van der Waals surface area contributed by atoms with Crippen molar-refractivity contribution in [3.63, 3.8) is 0 Å². The lowest BCUT2D eigenvalue weighted by Gasteiger charge is -2.18. The lowest BCUT2D eigenvalue weighted by Crippen LogP contribution is -2.52. The third kappa shape index (κ3) is 7.74. The Morgan fingerprint density at radius 1 is 1.06 bits per heavy atom. The number of aliphatic carboxylic acids is 3. The standard InChI is InChI=1S/C5H13N.C4H4O6/c1-3-5(2)4-6;5-2(6)1(3(7)8)4(9)10/h5H,3-4,6H2,1-2H3;1H,(H,5,6)(H,7,8)(H,9,10)/p-3. The molecule has 0 bridgehead atoms. The number of carboxylic acid groups (broad SMARTS) is 3. The van der Waals surface area contributed by atoms with Gasteiger partial charge in [-0.1, -0.05) is 20.3 Å². The van der Waals surface area contributed by atoms with Crippen molar-refractivity contribution in [3.8, 4) is 0 Å². The molecule has 2 N–H and O–H groups in total. The zero-order chi connectivity index (χ0) is 13.3. The molecule has 0 aliphatic heterocycles. The third-order valence-electron chi connectivity index (χ3n) is 1.81. The second-order valence-corrected chi connectivity index (χ2v) is 3.14. The molecular weight excluding hydrogens is 218 g/mol. The van der Waals surface area contributed by atoms with E-state index in [0.717, 1.165) is 6.54 Å². The summed E-state index contributed by atoms with van der Waals surface area (Å²) in [6.45, 7) is 5.13. The minimum atomic E-state index is -2.69. The van der Waals surface area contributed by atoms with Gasteiger partial charge in [0, 0.05) is 0 Å². The fourth-order valence-corrected chi connectivity index (χ4v) is 0.455. The van der Waals surface area contributed by atoms with Crippen molar-refractivity contribution in [1.82, 2.24) is 0 Å². The maximum Gasteiger partial charge on any atom is 0.0778 e. The summed E-state index contributed by atoms with van der Waals surface area (Å²) in [5.41, 5.74) is 5.28. The van der Waals surface area contributed by atoms with E-state index in [1.807, 2.05) is 0 Å². The van der Waals surface area contributed by atoms with Crippen molar-refractivity contribution in [2.45, 2.75) is 20.3 Å². The van der Waals surface area contributed by atoms with Gasteiger partial charge < -0.3 is 35.4 Å². The lowest BCUT2D eigenvalue weighted by atomic mass is 10.1. The van der Waals surface area contributed by atoms with Gasteiger partial charge in [-0.3, -0.25) is 0 Å². The molecule has 0 saturated carbocycles. The van der Waals surface area contributed by atoms with Crippen LogP contribution in [0.15, 0.2) is 0 Å². The van der Waals surface area contributed by atoms with Gasteiger partial charge in [0.15, 0.2) is 0 Å². The van der Waals surface area contributed by atoms with Crippen LogP contribution >= 0.6 is 0 Å². The van der Waals surface area contributed by atoms with Gasteiger partial charge >= 0.3 is 0 Å². The quantitative estimate of drug-likeness (QED) is 0.473. The molecule has 0 radical (unpaired) electrons. The van der Waals surface area contributed by atoms with Gasteiger partial charge in [-0.15, -0.1) is 0 Å². The van der Waals surface area contributed by atoms with E-state index in [2.05, 4.69) is 13.8 Å². The van der Waals surface area contributed by atoms with E-state index < -0.39 is 23.8 Å². The van der Waals surface area contributed by atoms with E-state index in [-0.39, 0.29) is 0 Å². The molecule has 0 rings (SSSR count). The highest BCUT2D eigenvalue weighted by Gasteiger charge is 2.11. The molecule has 7 heteroatoms. The molecule has 0 aromatic heterocycles. The van der Waals surface area contributed by atoms with E-state index >= 15 is 0 Å². The SMILES string of the molecule is CCC(C)CN.O=C([O-])C(C(=O)[O-])C(=O)[O-]. The molecule has 0 aromatic carbocycles. The highest BCUT2D eigenvalue weighted by molar-refractivity contribution is 6.08. The number of carbonyl (C=O) groups excluding carboxylic acids is 3.